The third-order valence-electron chi connectivity index (χ3n) is 4.60. The van der Waals surface area contributed by atoms with Crippen molar-refractivity contribution in [3.05, 3.63) is 70.2 Å². The molecule has 0 aromatic heterocycles. The van der Waals surface area contributed by atoms with Gasteiger partial charge in [0.05, 0.1) is 18.5 Å². The van der Waals surface area contributed by atoms with Crippen LogP contribution in [0.2, 0.25) is 5.02 Å². The van der Waals surface area contributed by atoms with Crippen LogP contribution >= 0.6 is 11.6 Å². The van der Waals surface area contributed by atoms with Crippen LogP contribution in [0.1, 0.15) is 42.6 Å². The van der Waals surface area contributed by atoms with Crippen LogP contribution in [0, 0.1) is 0 Å². The zero-order chi connectivity index (χ0) is 22.0. The van der Waals surface area contributed by atoms with Crippen LogP contribution in [0.5, 0.6) is 0 Å². The molecule has 6 nitrogen and oxygen atoms in total. The summed E-state index contributed by atoms with van der Waals surface area (Å²) in [5.41, 5.74) is 2.59. The lowest BCUT2D eigenvalue weighted by molar-refractivity contribution is -0.143. The number of sulfonamides is 1. The highest BCUT2D eigenvalue weighted by Gasteiger charge is 2.12. The molecular weight excluding hydrogens is 426 g/mol. The minimum atomic E-state index is -3.37. The lowest BCUT2D eigenvalue weighted by Crippen LogP contribution is -2.29. The molecule has 0 saturated heterocycles. The van der Waals surface area contributed by atoms with Gasteiger partial charge in [0.2, 0.25) is 10.0 Å². The van der Waals surface area contributed by atoms with Crippen LogP contribution in [0.25, 0.3) is 0 Å². The van der Waals surface area contributed by atoms with E-state index in [-0.39, 0.29) is 18.1 Å². The predicted molar refractivity (Wildman–Crippen MR) is 118 cm³/mol. The SMILES string of the molecule is CCOC(=O)CCC(O)c1ccc(CCNS(=O)(=O)CCc2ccc(Cl)cc2)cc1. The van der Waals surface area contributed by atoms with Crippen molar-refractivity contribution in [2.45, 2.75) is 38.7 Å². The molecule has 1 unspecified atom stereocenters. The molecule has 0 bridgehead atoms. The highest BCUT2D eigenvalue weighted by molar-refractivity contribution is 7.89. The minimum absolute atomic E-state index is 0.0141. The van der Waals surface area contributed by atoms with Crippen molar-refractivity contribution in [2.24, 2.45) is 0 Å². The van der Waals surface area contributed by atoms with Crippen LogP contribution in [-0.4, -0.2) is 38.4 Å². The summed E-state index contributed by atoms with van der Waals surface area (Å²) in [6.45, 7) is 2.37. The molecule has 0 amide bonds. The standard InChI is InChI=1S/C22H28ClNO5S/c1-2-29-22(26)12-11-21(25)19-7-3-17(4-8-19)13-15-24-30(27,28)16-14-18-5-9-20(23)10-6-18/h3-10,21,24-25H,2,11-16H2,1H3. The number of carbonyl (C=O) groups is 1. The van der Waals surface area contributed by atoms with Crippen LogP contribution < -0.4 is 4.72 Å². The van der Waals surface area contributed by atoms with E-state index in [0.717, 1.165) is 11.1 Å². The number of nitrogens with one attached hydrogen (secondary N) is 1. The summed E-state index contributed by atoms with van der Waals surface area (Å²) < 4.78 is 31.8. The normalized spacial score (nSPS) is 12.5. The maximum atomic E-state index is 12.2. The van der Waals surface area contributed by atoms with Gasteiger partial charge < -0.3 is 9.84 Å². The number of esters is 1. The van der Waals surface area contributed by atoms with Gasteiger partial charge in [0, 0.05) is 18.0 Å². The molecule has 0 saturated carbocycles. The molecule has 2 rings (SSSR count). The fraction of sp³-hybridized carbons (Fsp3) is 0.409. The largest absolute Gasteiger partial charge is 0.466 e. The van der Waals surface area contributed by atoms with Crippen molar-refractivity contribution in [3.63, 3.8) is 0 Å². The molecule has 0 aliphatic rings. The lowest BCUT2D eigenvalue weighted by atomic mass is 10.0. The smallest absolute Gasteiger partial charge is 0.305 e. The number of hydrogen-bond acceptors (Lipinski definition) is 5. The maximum absolute atomic E-state index is 12.2. The van der Waals surface area contributed by atoms with E-state index >= 15 is 0 Å². The summed E-state index contributed by atoms with van der Waals surface area (Å²) in [5, 5.41) is 10.8. The van der Waals surface area contributed by atoms with Crippen molar-refractivity contribution >= 4 is 27.6 Å². The van der Waals surface area contributed by atoms with Gasteiger partial charge in [-0.05, 0) is 55.0 Å². The van der Waals surface area contributed by atoms with Crippen molar-refractivity contribution in [1.29, 1.82) is 0 Å². The Hall–Kier alpha value is -1.93. The molecule has 30 heavy (non-hydrogen) atoms. The summed E-state index contributed by atoms with van der Waals surface area (Å²) in [6, 6.07) is 14.4. The van der Waals surface area contributed by atoms with E-state index < -0.39 is 16.1 Å². The molecule has 1 atom stereocenters. The van der Waals surface area contributed by atoms with Crippen molar-refractivity contribution in [3.8, 4) is 0 Å². The van der Waals surface area contributed by atoms with Crippen LogP contribution in [0.3, 0.4) is 0 Å². The number of ether oxygens (including phenoxy) is 1. The number of benzene rings is 2. The molecule has 0 fully saturated rings. The quantitative estimate of drug-likeness (QED) is 0.480. The first kappa shape index (κ1) is 24.3. The van der Waals surface area contributed by atoms with Gasteiger partial charge in [-0.25, -0.2) is 13.1 Å². The van der Waals surface area contributed by atoms with E-state index in [1.165, 1.54) is 0 Å². The highest BCUT2D eigenvalue weighted by atomic mass is 35.5. The molecule has 0 heterocycles. The molecule has 164 valence electrons. The van der Waals surface area contributed by atoms with Crippen molar-refractivity contribution in [2.75, 3.05) is 18.9 Å². The number of hydrogen-bond donors (Lipinski definition) is 2. The fourth-order valence-corrected chi connectivity index (χ4v) is 4.07. The van der Waals surface area contributed by atoms with Gasteiger partial charge in [0.1, 0.15) is 0 Å². The summed E-state index contributed by atoms with van der Waals surface area (Å²) in [4.78, 5) is 11.4. The number of rotatable bonds is 12. The second-order valence-corrected chi connectivity index (χ2v) is 9.30. The molecule has 0 radical (unpaired) electrons. The summed E-state index contributed by atoms with van der Waals surface area (Å²) in [5.74, 6) is -0.309. The van der Waals surface area contributed by atoms with Gasteiger partial charge in [0.15, 0.2) is 0 Å². The van der Waals surface area contributed by atoms with E-state index in [9.17, 15) is 18.3 Å². The van der Waals surface area contributed by atoms with Crippen LogP contribution in [-0.2, 0) is 32.4 Å². The van der Waals surface area contributed by atoms with Crippen molar-refractivity contribution < 1.29 is 23.1 Å². The molecular formula is C22H28ClNO5S. The molecule has 2 aromatic carbocycles. The van der Waals surface area contributed by atoms with E-state index in [4.69, 9.17) is 16.3 Å². The average molecular weight is 454 g/mol. The Morgan fingerprint density at radius 3 is 2.30 bits per heavy atom. The van der Waals surface area contributed by atoms with Crippen LogP contribution in [0.4, 0.5) is 0 Å². The number of halogens is 1. The zero-order valence-electron chi connectivity index (χ0n) is 17.0. The first-order valence-corrected chi connectivity index (χ1v) is 12.0. The zero-order valence-corrected chi connectivity index (χ0v) is 18.6. The Morgan fingerprint density at radius 1 is 1.07 bits per heavy atom. The van der Waals surface area contributed by atoms with Gasteiger partial charge in [-0.2, -0.15) is 0 Å². The summed E-state index contributed by atoms with van der Waals surface area (Å²) in [6.07, 6.45) is 0.680. The summed E-state index contributed by atoms with van der Waals surface area (Å²) >= 11 is 5.83. The van der Waals surface area contributed by atoms with Gasteiger partial charge in [-0.3, -0.25) is 4.79 Å². The molecule has 2 aromatic rings. The Kier molecular flexibility index (Phi) is 9.78. The third kappa shape index (κ3) is 8.83. The third-order valence-corrected chi connectivity index (χ3v) is 6.24. The van der Waals surface area contributed by atoms with Crippen LogP contribution in [0.15, 0.2) is 48.5 Å². The number of aryl methyl sites for hydroxylation is 1. The van der Waals surface area contributed by atoms with Gasteiger partial charge in [-0.15, -0.1) is 0 Å². The predicted octanol–water partition coefficient (Wildman–Crippen LogP) is 3.42. The van der Waals surface area contributed by atoms with Gasteiger partial charge in [0.25, 0.3) is 0 Å². The van der Waals surface area contributed by atoms with E-state index in [1.54, 1.807) is 31.2 Å². The minimum Gasteiger partial charge on any atom is -0.466 e. The highest BCUT2D eigenvalue weighted by Crippen LogP contribution is 2.19. The van der Waals surface area contributed by atoms with Gasteiger partial charge >= 0.3 is 5.97 Å². The van der Waals surface area contributed by atoms with E-state index in [1.807, 2.05) is 24.3 Å². The maximum Gasteiger partial charge on any atom is 0.305 e. The fourth-order valence-electron chi connectivity index (χ4n) is 2.89. The van der Waals surface area contributed by atoms with E-state index in [0.29, 0.717) is 43.0 Å². The Labute approximate surface area is 183 Å². The first-order valence-electron chi connectivity index (χ1n) is 9.93. The lowest BCUT2D eigenvalue weighted by Gasteiger charge is -2.12. The Balaban J connectivity index is 1.74. The Morgan fingerprint density at radius 2 is 1.67 bits per heavy atom. The molecule has 0 spiro atoms. The molecule has 8 heteroatoms. The second kappa shape index (κ2) is 12.1. The number of carbonyl (C=O) groups excluding carboxylic acids is 1. The summed E-state index contributed by atoms with van der Waals surface area (Å²) in [7, 11) is -3.37. The monoisotopic (exact) mass is 453 g/mol. The van der Waals surface area contributed by atoms with Gasteiger partial charge in [-0.1, -0.05) is 48.0 Å². The van der Waals surface area contributed by atoms with Crippen molar-refractivity contribution in [1.82, 2.24) is 4.72 Å². The molecule has 0 aliphatic carbocycles. The van der Waals surface area contributed by atoms with E-state index in [2.05, 4.69) is 4.72 Å². The molecule has 2 N–H and O–H groups in total. The topological polar surface area (TPSA) is 92.7 Å². The number of aliphatic hydroxyl groups excluding tert-OH is 1. The second-order valence-electron chi connectivity index (χ2n) is 6.94. The molecule has 0 aliphatic heterocycles. The first-order chi connectivity index (χ1) is 14.3. The Bertz CT molecular complexity index is 898. The average Bonchev–Trinajstić information content (AvgIpc) is 2.72. The number of aliphatic hydroxyl groups is 1.